The Hall–Kier alpha value is -2.66. The second-order valence-electron chi connectivity index (χ2n) is 9.34. The van der Waals surface area contributed by atoms with Gasteiger partial charge in [0.15, 0.2) is 0 Å². The predicted octanol–water partition coefficient (Wildman–Crippen LogP) is 4.70. The Morgan fingerprint density at radius 3 is 2.56 bits per heavy atom. The molecule has 5 nitrogen and oxygen atoms in total. The maximum absolute atomic E-state index is 13.4. The summed E-state index contributed by atoms with van der Waals surface area (Å²) in [6.07, 6.45) is 5.35. The number of nitrogens with zero attached hydrogens (tertiary/aromatic N) is 1. The Labute approximate surface area is 191 Å². The van der Waals surface area contributed by atoms with Crippen molar-refractivity contribution in [3.8, 4) is 0 Å². The molecule has 0 bridgehead atoms. The van der Waals surface area contributed by atoms with E-state index in [2.05, 4.69) is 11.4 Å². The van der Waals surface area contributed by atoms with Crippen molar-refractivity contribution in [1.82, 2.24) is 10.2 Å². The van der Waals surface area contributed by atoms with E-state index in [9.17, 15) is 9.59 Å². The fourth-order valence-electron chi connectivity index (χ4n) is 5.12. The highest BCUT2D eigenvalue weighted by molar-refractivity contribution is 5.98. The summed E-state index contributed by atoms with van der Waals surface area (Å²) in [4.78, 5) is 28.6. The van der Waals surface area contributed by atoms with E-state index in [-0.39, 0.29) is 24.0 Å². The predicted molar refractivity (Wildman–Crippen MR) is 125 cm³/mol. The molecule has 3 unspecified atom stereocenters. The summed E-state index contributed by atoms with van der Waals surface area (Å²) in [5, 5.41) is 3.11. The van der Waals surface area contributed by atoms with Gasteiger partial charge < -0.3 is 15.0 Å². The van der Waals surface area contributed by atoms with Crippen LogP contribution in [0.15, 0.2) is 54.6 Å². The van der Waals surface area contributed by atoms with Crippen molar-refractivity contribution < 1.29 is 14.3 Å². The lowest BCUT2D eigenvalue weighted by Gasteiger charge is -2.33. The maximum Gasteiger partial charge on any atom is 0.254 e. The first kappa shape index (κ1) is 22.5. The summed E-state index contributed by atoms with van der Waals surface area (Å²) in [6.45, 7) is 5.05. The lowest BCUT2D eigenvalue weighted by atomic mass is 9.84. The van der Waals surface area contributed by atoms with Crippen LogP contribution in [0.5, 0.6) is 0 Å². The highest BCUT2D eigenvalue weighted by atomic mass is 16.5. The summed E-state index contributed by atoms with van der Waals surface area (Å²) in [5.41, 5.74) is 2.80. The van der Waals surface area contributed by atoms with Gasteiger partial charge in [-0.1, -0.05) is 55.3 Å². The molecule has 2 amide bonds. The van der Waals surface area contributed by atoms with E-state index in [1.54, 1.807) is 0 Å². The zero-order valence-corrected chi connectivity index (χ0v) is 19.1. The normalized spacial score (nSPS) is 22.6. The van der Waals surface area contributed by atoms with Gasteiger partial charge in [0, 0.05) is 18.2 Å². The van der Waals surface area contributed by atoms with Crippen LogP contribution >= 0.6 is 0 Å². The molecular weight excluding hydrogens is 400 g/mol. The molecule has 4 rings (SSSR count). The molecule has 170 valence electrons. The van der Waals surface area contributed by atoms with Gasteiger partial charge in [-0.15, -0.1) is 0 Å². The van der Waals surface area contributed by atoms with Crippen molar-refractivity contribution in [3.05, 3.63) is 71.3 Å². The maximum atomic E-state index is 13.4. The molecule has 0 aromatic heterocycles. The molecule has 2 aromatic rings. The van der Waals surface area contributed by atoms with Gasteiger partial charge in [-0.2, -0.15) is 0 Å². The van der Waals surface area contributed by atoms with E-state index in [1.165, 1.54) is 6.42 Å². The Kier molecular flexibility index (Phi) is 7.26. The first-order valence-corrected chi connectivity index (χ1v) is 11.9. The van der Waals surface area contributed by atoms with Crippen LogP contribution in [0.1, 0.15) is 67.4 Å². The zero-order valence-electron chi connectivity index (χ0n) is 19.1. The first-order chi connectivity index (χ1) is 15.5. The van der Waals surface area contributed by atoms with Crippen molar-refractivity contribution in [1.29, 1.82) is 0 Å². The number of benzene rings is 2. The van der Waals surface area contributed by atoms with Crippen LogP contribution in [0.25, 0.3) is 0 Å². The van der Waals surface area contributed by atoms with E-state index in [1.807, 2.05) is 67.3 Å². The van der Waals surface area contributed by atoms with Crippen molar-refractivity contribution in [2.45, 2.75) is 77.3 Å². The van der Waals surface area contributed by atoms with E-state index in [0.29, 0.717) is 24.6 Å². The number of hydrogen-bond donors (Lipinski definition) is 1. The standard InChI is InChI=1S/C27H34N2O3/c1-19(2)32-18-21-10-8-9-20(15-21)17-28-26(30)25-16-23-13-6-7-14-24(23)29(25)27(31)22-11-4-3-5-12-22/h3-5,8-12,15,19,23-25H,6-7,13-14,16-18H2,1-2H3,(H,28,30). The Bertz CT molecular complexity index is 928. The summed E-state index contributed by atoms with van der Waals surface area (Å²) in [5.74, 6) is 0.351. The second-order valence-corrected chi connectivity index (χ2v) is 9.34. The first-order valence-electron chi connectivity index (χ1n) is 11.9. The SMILES string of the molecule is CC(C)OCc1cccc(CNC(=O)C2CC3CCCCC3N2C(=O)c2ccccc2)c1. The topological polar surface area (TPSA) is 58.6 Å². The van der Waals surface area contributed by atoms with Crippen molar-refractivity contribution in [2.75, 3.05) is 0 Å². The van der Waals surface area contributed by atoms with Gasteiger partial charge in [0.2, 0.25) is 5.91 Å². The minimum atomic E-state index is -0.400. The number of likely N-dealkylation sites (tertiary alicyclic amines) is 1. The van der Waals surface area contributed by atoms with Gasteiger partial charge in [-0.25, -0.2) is 0 Å². The molecule has 3 atom stereocenters. The molecule has 32 heavy (non-hydrogen) atoms. The lowest BCUT2D eigenvalue weighted by molar-refractivity contribution is -0.125. The average Bonchev–Trinajstić information content (AvgIpc) is 3.21. The second kappa shape index (κ2) is 10.3. The molecule has 1 heterocycles. The third-order valence-corrected chi connectivity index (χ3v) is 6.69. The third kappa shape index (κ3) is 5.21. The monoisotopic (exact) mass is 434 g/mol. The number of carbonyl (C=O) groups excluding carboxylic acids is 2. The summed E-state index contributed by atoms with van der Waals surface area (Å²) in [7, 11) is 0. The van der Waals surface area contributed by atoms with Crippen molar-refractivity contribution in [3.63, 3.8) is 0 Å². The minimum absolute atomic E-state index is 0.0204. The van der Waals surface area contributed by atoms with E-state index in [4.69, 9.17) is 4.74 Å². The summed E-state index contributed by atoms with van der Waals surface area (Å²) >= 11 is 0. The number of ether oxygens (including phenoxy) is 1. The number of carbonyl (C=O) groups is 2. The van der Waals surface area contributed by atoms with E-state index >= 15 is 0 Å². The number of amides is 2. The highest BCUT2D eigenvalue weighted by Gasteiger charge is 2.47. The highest BCUT2D eigenvalue weighted by Crippen LogP contribution is 2.40. The van der Waals surface area contributed by atoms with Crippen molar-refractivity contribution >= 4 is 11.8 Å². The molecule has 5 heteroatoms. The largest absolute Gasteiger partial charge is 0.374 e. The van der Waals surface area contributed by atoms with E-state index < -0.39 is 6.04 Å². The van der Waals surface area contributed by atoms with Gasteiger partial charge >= 0.3 is 0 Å². The van der Waals surface area contributed by atoms with Crippen LogP contribution in [-0.2, 0) is 22.7 Å². The summed E-state index contributed by atoms with van der Waals surface area (Å²) in [6, 6.07) is 17.3. The van der Waals surface area contributed by atoms with Crippen LogP contribution in [0, 0.1) is 5.92 Å². The van der Waals surface area contributed by atoms with Crippen LogP contribution < -0.4 is 5.32 Å². The van der Waals surface area contributed by atoms with Crippen molar-refractivity contribution in [2.24, 2.45) is 5.92 Å². The van der Waals surface area contributed by atoms with E-state index in [0.717, 1.165) is 36.8 Å². The van der Waals surface area contributed by atoms with Gasteiger partial charge in [0.1, 0.15) is 6.04 Å². The number of rotatable bonds is 7. The lowest BCUT2D eigenvalue weighted by Crippen LogP contribution is -2.49. The third-order valence-electron chi connectivity index (χ3n) is 6.69. The average molecular weight is 435 g/mol. The molecule has 1 saturated heterocycles. The fourth-order valence-corrected chi connectivity index (χ4v) is 5.12. The molecule has 1 saturated carbocycles. The van der Waals surface area contributed by atoms with Crippen LogP contribution in [-0.4, -0.2) is 34.9 Å². The van der Waals surface area contributed by atoms with Gasteiger partial charge in [0.25, 0.3) is 5.91 Å². The molecule has 0 spiro atoms. The number of fused-ring (bicyclic) bond motifs is 1. The van der Waals surface area contributed by atoms with Gasteiger partial charge in [-0.3, -0.25) is 9.59 Å². The minimum Gasteiger partial charge on any atom is -0.374 e. The van der Waals surface area contributed by atoms with Gasteiger partial charge in [0.05, 0.1) is 12.7 Å². The van der Waals surface area contributed by atoms with Gasteiger partial charge in [-0.05, 0) is 62.3 Å². The summed E-state index contributed by atoms with van der Waals surface area (Å²) < 4.78 is 5.69. The molecule has 1 N–H and O–H groups in total. The Balaban J connectivity index is 1.45. The fraction of sp³-hybridized carbons (Fsp3) is 0.481. The molecule has 2 aromatic carbocycles. The molecule has 2 aliphatic rings. The Morgan fingerprint density at radius 2 is 1.78 bits per heavy atom. The molecule has 1 aliphatic carbocycles. The quantitative estimate of drug-likeness (QED) is 0.687. The molecule has 2 fully saturated rings. The molecular formula is C27H34N2O3. The smallest absolute Gasteiger partial charge is 0.254 e. The number of nitrogens with one attached hydrogen (secondary N) is 1. The number of hydrogen-bond acceptors (Lipinski definition) is 3. The molecule has 1 aliphatic heterocycles. The van der Waals surface area contributed by atoms with Crippen LogP contribution in [0.2, 0.25) is 0 Å². The Morgan fingerprint density at radius 1 is 1.03 bits per heavy atom. The van der Waals surface area contributed by atoms with Crippen LogP contribution in [0.3, 0.4) is 0 Å². The molecule has 0 radical (unpaired) electrons. The zero-order chi connectivity index (χ0) is 22.5. The van der Waals surface area contributed by atoms with Crippen LogP contribution in [0.4, 0.5) is 0 Å².